The van der Waals surface area contributed by atoms with Gasteiger partial charge in [0.1, 0.15) is 0 Å². The molecule has 0 aromatic heterocycles. The highest BCUT2D eigenvalue weighted by atomic mass is 15.1. The quantitative estimate of drug-likeness (QED) is 0.877. The van der Waals surface area contributed by atoms with Crippen molar-refractivity contribution in [3.05, 3.63) is 35.9 Å². The van der Waals surface area contributed by atoms with Gasteiger partial charge in [-0.2, -0.15) is 0 Å². The monoisotopic (exact) mass is 274 g/mol. The Hall–Kier alpha value is -0.860. The molecule has 1 unspecified atom stereocenters. The first-order chi connectivity index (χ1) is 9.61. The van der Waals surface area contributed by atoms with Crippen molar-refractivity contribution < 1.29 is 0 Å². The molecule has 0 saturated carbocycles. The lowest BCUT2D eigenvalue weighted by Gasteiger charge is -2.28. The number of rotatable bonds is 5. The van der Waals surface area contributed by atoms with Crippen molar-refractivity contribution in [1.82, 2.24) is 10.2 Å². The standard InChI is InChI=1S/C18H30N2/c1-4-19-17(16-9-6-5-7-10-16)15-20-13-8-11-18(2,3)12-14-20/h5-7,9-10,17,19H,4,8,11-15H2,1-3H3. The van der Waals surface area contributed by atoms with Gasteiger partial charge in [0.25, 0.3) is 0 Å². The van der Waals surface area contributed by atoms with Crippen LogP contribution < -0.4 is 5.32 Å². The van der Waals surface area contributed by atoms with E-state index < -0.39 is 0 Å². The van der Waals surface area contributed by atoms with Gasteiger partial charge in [0, 0.05) is 12.6 Å². The molecule has 1 heterocycles. The molecule has 2 heteroatoms. The van der Waals surface area contributed by atoms with Gasteiger partial charge < -0.3 is 10.2 Å². The smallest absolute Gasteiger partial charge is 0.0449 e. The van der Waals surface area contributed by atoms with E-state index in [0.29, 0.717) is 11.5 Å². The summed E-state index contributed by atoms with van der Waals surface area (Å²) in [7, 11) is 0. The average Bonchev–Trinajstić information content (AvgIpc) is 2.61. The molecule has 1 aromatic carbocycles. The van der Waals surface area contributed by atoms with Crippen LogP contribution >= 0.6 is 0 Å². The fraction of sp³-hybridized carbons (Fsp3) is 0.667. The van der Waals surface area contributed by atoms with Gasteiger partial charge in [-0.05, 0) is 49.9 Å². The van der Waals surface area contributed by atoms with Crippen molar-refractivity contribution in [3.63, 3.8) is 0 Å². The normalized spacial score (nSPS) is 21.4. The molecule has 1 N–H and O–H groups in total. The van der Waals surface area contributed by atoms with Crippen LogP contribution in [0.3, 0.4) is 0 Å². The van der Waals surface area contributed by atoms with Gasteiger partial charge in [0.15, 0.2) is 0 Å². The van der Waals surface area contributed by atoms with Crippen LogP contribution in [0, 0.1) is 5.41 Å². The molecule has 0 bridgehead atoms. The van der Waals surface area contributed by atoms with Crippen molar-refractivity contribution in [2.45, 2.75) is 46.1 Å². The summed E-state index contributed by atoms with van der Waals surface area (Å²) < 4.78 is 0. The van der Waals surface area contributed by atoms with E-state index in [1.807, 2.05) is 0 Å². The van der Waals surface area contributed by atoms with Crippen molar-refractivity contribution >= 4 is 0 Å². The Bertz CT molecular complexity index is 386. The summed E-state index contributed by atoms with van der Waals surface area (Å²) in [5.41, 5.74) is 1.94. The molecular formula is C18H30N2. The maximum Gasteiger partial charge on any atom is 0.0449 e. The molecule has 0 spiro atoms. The summed E-state index contributed by atoms with van der Waals surface area (Å²) in [6.45, 7) is 11.7. The van der Waals surface area contributed by atoms with Crippen LogP contribution in [0.5, 0.6) is 0 Å². The summed E-state index contributed by atoms with van der Waals surface area (Å²) in [4.78, 5) is 2.65. The van der Waals surface area contributed by atoms with E-state index in [1.165, 1.54) is 37.9 Å². The molecule has 0 amide bonds. The summed E-state index contributed by atoms with van der Waals surface area (Å²) in [5.74, 6) is 0. The fourth-order valence-electron chi connectivity index (χ4n) is 3.14. The van der Waals surface area contributed by atoms with E-state index in [-0.39, 0.29) is 0 Å². The SMILES string of the molecule is CCNC(CN1CCCC(C)(C)CC1)c1ccccc1. The maximum absolute atomic E-state index is 3.65. The summed E-state index contributed by atoms with van der Waals surface area (Å²) in [6.07, 6.45) is 4.02. The zero-order valence-electron chi connectivity index (χ0n) is 13.4. The Kier molecular flexibility index (Phi) is 5.62. The minimum absolute atomic E-state index is 0.461. The first kappa shape index (κ1) is 15.5. The average molecular weight is 274 g/mol. The Balaban J connectivity index is 1.98. The first-order valence-corrected chi connectivity index (χ1v) is 8.11. The highest BCUT2D eigenvalue weighted by Gasteiger charge is 2.24. The molecule has 2 rings (SSSR count). The lowest BCUT2D eigenvalue weighted by molar-refractivity contribution is 0.238. The third-order valence-electron chi connectivity index (χ3n) is 4.53. The number of benzene rings is 1. The van der Waals surface area contributed by atoms with Crippen LogP contribution in [0.15, 0.2) is 30.3 Å². The number of nitrogens with one attached hydrogen (secondary N) is 1. The summed E-state index contributed by atoms with van der Waals surface area (Å²) >= 11 is 0. The van der Waals surface area contributed by atoms with Gasteiger partial charge in [-0.3, -0.25) is 0 Å². The van der Waals surface area contributed by atoms with Crippen molar-refractivity contribution in [2.24, 2.45) is 5.41 Å². The van der Waals surface area contributed by atoms with Crippen molar-refractivity contribution in [2.75, 3.05) is 26.2 Å². The van der Waals surface area contributed by atoms with Gasteiger partial charge in [0.2, 0.25) is 0 Å². The molecule has 1 aromatic rings. The second kappa shape index (κ2) is 7.24. The molecule has 2 nitrogen and oxygen atoms in total. The number of likely N-dealkylation sites (tertiary alicyclic amines) is 1. The lowest BCUT2D eigenvalue weighted by Crippen LogP contribution is -2.36. The molecule has 0 aliphatic carbocycles. The van der Waals surface area contributed by atoms with Crippen molar-refractivity contribution in [1.29, 1.82) is 0 Å². The lowest BCUT2D eigenvalue weighted by atomic mass is 9.85. The third kappa shape index (κ3) is 4.60. The maximum atomic E-state index is 3.65. The predicted octanol–water partition coefficient (Wildman–Crippen LogP) is 3.85. The molecule has 112 valence electrons. The van der Waals surface area contributed by atoms with Gasteiger partial charge >= 0.3 is 0 Å². The van der Waals surface area contributed by atoms with Gasteiger partial charge in [0.05, 0.1) is 0 Å². The number of hydrogen-bond acceptors (Lipinski definition) is 2. The van der Waals surface area contributed by atoms with E-state index in [9.17, 15) is 0 Å². The van der Waals surface area contributed by atoms with E-state index >= 15 is 0 Å². The Morgan fingerprint density at radius 1 is 1.15 bits per heavy atom. The van der Waals surface area contributed by atoms with E-state index in [2.05, 4.69) is 61.3 Å². The van der Waals surface area contributed by atoms with Crippen LogP contribution in [0.1, 0.15) is 51.6 Å². The van der Waals surface area contributed by atoms with Gasteiger partial charge in [-0.15, -0.1) is 0 Å². The zero-order chi connectivity index (χ0) is 14.4. The minimum atomic E-state index is 0.461. The second-order valence-corrected chi connectivity index (χ2v) is 6.84. The van der Waals surface area contributed by atoms with Crippen molar-refractivity contribution in [3.8, 4) is 0 Å². The van der Waals surface area contributed by atoms with Crippen LogP contribution in [0.4, 0.5) is 0 Å². The minimum Gasteiger partial charge on any atom is -0.309 e. The van der Waals surface area contributed by atoms with E-state index in [1.54, 1.807) is 0 Å². The molecule has 1 fully saturated rings. The molecule has 1 aliphatic rings. The van der Waals surface area contributed by atoms with E-state index in [0.717, 1.165) is 13.1 Å². The van der Waals surface area contributed by atoms with Crippen LogP contribution in [-0.4, -0.2) is 31.1 Å². The first-order valence-electron chi connectivity index (χ1n) is 8.11. The highest BCUT2D eigenvalue weighted by molar-refractivity contribution is 5.19. The topological polar surface area (TPSA) is 15.3 Å². The Morgan fingerprint density at radius 2 is 1.90 bits per heavy atom. The van der Waals surface area contributed by atoms with Gasteiger partial charge in [-0.1, -0.05) is 51.1 Å². The molecule has 1 saturated heterocycles. The van der Waals surface area contributed by atoms with E-state index in [4.69, 9.17) is 0 Å². The number of nitrogens with zero attached hydrogens (tertiary/aromatic N) is 1. The van der Waals surface area contributed by atoms with Crippen LogP contribution in [-0.2, 0) is 0 Å². The highest BCUT2D eigenvalue weighted by Crippen LogP contribution is 2.30. The Morgan fingerprint density at radius 3 is 2.60 bits per heavy atom. The third-order valence-corrected chi connectivity index (χ3v) is 4.53. The predicted molar refractivity (Wildman–Crippen MR) is 86.9 cm³/mol. The zero-order valence-corrected chi connectivity index (χ0v) is 13.4. The second-order valence-electron chi connectivity index (χ2n) is 6.84. The molecule has 20 heavy (non-hydrogen) atoms. The van der Waals surface area contributed by atoms with Crippen LogP contribution in [0.25, 0.3) is 0 Å². The Labute approximate surface area is 124 Å². The summed E-state index contributed by atoms with van der Waals surface area (Å²) in [5, 5.41) is 3.65. The number of hydrogen-bond donors (Lipinski definition) is 1. The molecular weight excluding hydrogens is 244 g/mol. The molecule has 1 atom stereocenters. The molecule has 1 aliphatic heterocycles. The number of likely N-dealkylation sites (N-methyl/N-ethyl adjacent to an activating group) is 1. The van der Waals surface area contributed by atoms with Gasteiger partial charge in [-0.25, -0.2) is 0 Å². The van der Waals surface area contributed by atoms with Crippen LogP contribution in [0.2, 0.25) is 0 Å². The molecule has 0 radical (unpaired) electrons. The fourth-order valence-corrected chi connectivity index (χ4v) is 3.14. The largest absolute Gasteiger partial charge is 0.309 e. The summed E-state index contributed by atoms with van der Waals surface area (Å²) in [6, 6.07) is 11.3.